The fourth-order valence-electron chi connectivity index (χ4n) is 2.28. The summed E-state index contributed by atoms with van der Waals surface area (Å²) in [7, 11) is 1.63. The highest BCUT2D eigenvalue weighted by Crippen LogP contribution is 2.40. The molecule has 2 N–H and O–H groups in total. The van der Waals surface area contributed by atoms with Crippen molar-refractivity contribution in [3.8, 4) is 11.5 Å². The summed E-state index contributed by atoms with van der Waals surface area (Å²) < 4.78 is 11.4. The summed E-state index contributed by atoms with van der Waals surface area (Å²) in [6, 6.07) is 3.80. The van der Waals surface area contributed by atoms with Crippen LogP contribution in [-0.2, 0) is 6.42 Å². The lowest BCUT2D eigenvalue weighted by Crippen LogP contribution is -2.03. The molecule has 2 aromatic rings. The van der Waals surface area contributed by atoms with Crippen LogP contribution in [0.15, 0.2) is 18.3 Å². The number of unbranched alkanes of at least 4 members (excludes halogenated alkanes) is 1. The molecule has 4 nitrogen and oxygen atoms in total. The van der Waals surface area contributed by atoms with E-state index in [9.17, 15) is 0 Å². The number of nitrogens with zero attached hydrogens (tertiary/aromatic N) is 1. The Bertz CT molecular complexity index is 597. The van der Waals surface area contributed by atoms with E-state index in [1.165, 1.54) is 5.56 Å². The van der Waals surface area contributed by atoms with Crippen LogP contribution in [-0.4, -0.2) is 18.7 Å². The Morgan fingerprint density at radius 1 is 1.30 bits per heavy atom. The molecule has 1 aromatic carbocycles. The first kappa shape index (κ1) is 14.4. The number of pyridine rings is 1. The zero-order valence-corrected chi connectivity index (χ0v) is 12.4. The molecule has 2 rings (SSSR count). The summed E-state index contributed by atoms with van der Waals surface area (Å²) in [6.45, 7) is 4.92. The third-order valence-corrected chi connectivity index (χ3v) is 3.39. The minimum atomic E-state index is 0.620. The van der Waals surface area contributed by atoms with Gasteiger partial charge in [-0.2, -0.15) is 0 Å². The van der Waals surface area contributed by atoms with Crippen LogP contribution >= 0.6 is 0 Å². The lowest BCUT2D eigenvalue weighted by Gasteiger charge is -2.16. The van der Waals surface area contributed by atoms with E-state index in [1.807, 2.05) is 6.07 Å². The highest BCUT2D eigenvalue weighted by molar-refractivity contribution is 5.98. The van der Waals surface area contributed by atoms with Gasteiger partial charge in [0, 0.05) is 12.3 Å². The number of benzene rings is 1. The summed E-state index contributed by atoms with van der Waals surface area (Å²) in [4.78, 5) is 4.39. The van der Waals surface area contributed by atoms with Crippen molar-refractivity contribution in [3.05, 3.63) is 23.9 Å². The first-order valence-electron chi connectivity index (χ1n) is 7.09. The highest BCUT2D eigenvalue weighted by Gasteiger charge is 2.16. The topological polar surface area (TPSA) is 57.4 Å². The highest BCUT2D eigenvalue weighted by atomic mass is 16.5. The van der Waals surface area contributed by atoms with Crippen molar-refractivity contribution in [1.82, 2.24) is 4.98 Å². The number of rotatable bonds is 6. The van der Waals surface area contributed by atoms with Gasteiger partial charge in [-0.3, -0.25) is 4.98 Å². The van der Waals surface area contributed by atoms with Crippen LogP contribution in [0.5, 0.6) is 11.5 Å². The van der Waals surface area contributed by atoms with Crippen molar-refractivity contribution >= 4 is 16.6 Å². The number of nitrogens with two attached hydrogens (primary N) is 1. The number of aromatic nitrogens is 1. The number of ether oxygens (including phenoxy) is 2. The quantitative estimate of drug-likeness (QED) is 0.646. The Hall–Kier alpha value is -1.97. The summed E-state index contributed by atoms with van der Waals surface area (Å²) in [5.41, 5.74) is 8.66. The van der Waals surface area contributed by atoms with E-state index in [-0.39, 0.29) is 0 Å². The molecule has 0 atom stereocenters. The van der Waals surface area contributed by atoms with Crippen LogP contribution in [0.2, 0.25) is 0 Å². The molecule has 0 unspecified atom stereocenters. The van der Waals surface area contributed by atoms with Gasteiger partial charge in [0.2, 0.25) is 0 Å². The maximum Gasteiger partial charge on any atom is 0.170 e. The zero-order valence-electron chi connectivity index (χ0n) is 12.4. The molecule has 0 fully saturated rings. The second kappa shape index (κ2) is 6.46. The third-order valence-electron chi connectivity index (χ3n) is 3.39. The Labute approximate surface area is 119 Å². The second-order valence-corrected chi connectivity index (χ2v) is 4.75. The Morgan fingerprint density at radius 2 is 2.10 bits per heavy atom. The summed E-state index contributed by atoms with van der Waals surface area (Å²) in [5.74, 6) is 1.43. The second-order valence-electron chi connectivity index (χ2n) is 4.75. The zero-order chi connectivity index (χ0) is 14.5. The molecule has 0 saturated heterocycles. The Balaban J connectivity index is 2.63. The molecule has 108 valence electrons. The number of hydrogen-bond donors (Lipinski definition) is 1. The Morgan fingerprint density at radius 3 is 2.75 bits per heavy atom. The minimum absolute atomic E-state index is 0.620. The van der Waals surface area contributed by atoms with Gasteiger partial charge < -0.3 is 15.2 Å². The van der Waals surface area contributed by atoms with Crippen LogP contribution in [0, 0.1) is 0 Å². The number of fused-ring (bicyclic) bond motifs is 1. The molecule has 0 aliphatic rings. The number of nitrogen functional groups attached to an aromatic ring is 1. The van der Waals surface area contributed by atoms with Crippen molar-refractivity contribution in [3.63, 3.8) is 0 Å². The first-order valence-corrected chi connectivity index (χ1v) is 7.09. The fraction of sp³-hybridized carbons (Fsp3) is 0.438. The lowest BCUT2D eigenvalue weighted by molar-refractivity contribution is 0.292. The molecule has 4 heteroatoms. The van der Waals surface area contributed by atoms with Gasteiger partial charge in [0.1, 0.15) is 0 Å². The molecule has 20 heavy (non-hydrogen) atoms. The van der Waals surface area contributed by atoms with Gasteiger partial charge in [0.05, 0.1) is 30.3 Å². The molecule has 1 heterocycles. The fourth-order valence-corrected chi connectivity index (χ4v) is 2.28. The molecule has 0 bridgehead atoms. The van der Waals surface area contributed by atoms with E-state index in [1.54, 1.807) is 19.4 Å². The van der Waals surface area contributed by atoms with Gasteiger partial charge in [0.25, 0.3) is 0 Å². The molecule has 0 amide bonds. The minimum Gasteiger partial charge on any atom is -0.493 e. The van der Waals surface area contributed by atoms with Gasteiger partial charge in [-0.05, 0) is 24.5 Å². The van der Waals surface area contributed by atoms with Gasteiger partial charge in [-0.1, -0.05) is 20.3 Å². The standard InChI is InChI=1S/C16H22N2O2/c1-4-6-9-20-16-13(19-3)10-12(17)15-14(16)11(5-2)7-8-18-15/h7-8,10H,4-6,9,17H2,1-3H3. The average Bonchev–Trinajstić information content (AvgIpc) is 2.48. The Kier molecular flexibility index (Phi) is 4.66. The molecule has 0 radical (unpaired) electrons. The predicted molar refractivity (Wildman–Crippen MR) is 82.5 cm³/mol. The first-order chi connectivity index (χ1) is 9.72. The normalized spacial score (nSPS) is 10.8. The monoisotopic (exact) mass is 274 g/mol. The number of hydrogen-bond acceptors (Lipinski definition) is 4. The van der Waals surface area contributed by atoms with Crippen molar-refractivity contribution in [2.75, 3.05) is 19.5 Å². The summed E-state index contributed by atoms with van der Waals surface area (Å²) in [6.07, 6.45) is 4.79. The maximum atomic E-state index is 6.08. The van der Waals surface area contributed by atoms with Crippen LogP contribution < -0.4 is 15.2 Å². The van der Waals surface area contributed by atoms with Gasteiger partial charge in [0.15, 0.2) is 11.5 Å². The molecule has 0 spiro atoms. The molecule has 0 aliphatic carbocycles. The predicted octanol–water partition coefficient (Wildman–Crippen LogP) is 3.57. The number of methoxy groups -OCH3 is 1. The smallest absolute Gasteiger partial charge is 0.170 e. The third kappa shape index (κ3) is 2.64. The van der Waals surface area contributed by atoms with E-state index in [0.717, 1.165) is 35.9 Å². The van der Waals surface area contributed by atoms with E-state index in [2.05, 4.69) is 18.8 Å². The summed E-state index contributed by atoms with van der Waals surface area (Å²) in [5, 5.41) is 0.975. The van der Waals surface area contributed by atoms with Gasteiger partial charge in [-0.25, -0.2) is 0 Å². The molecule has 0 aliphatic heterocycles. The van der Waals surface area contributed by atoms with Gasteiger partial charge in [-0.15, -0.1) is 0 Å². The molecular formula is C16H22N2O2. The summed E-state index contributed by atoms with van der Waals surface area (Å²) >= 11 is 0. The van der Waals surface area contributed by atoms with E-state index in [0.29, 0.717) is 18.0 Å². The van der Waals surface area contributed by atoms with Crippen LogP contribution in [0.3, 0.4) is 0 Å². The number of aryl methyl sites for hydroxylation is 1. The largest absolute Gasteiger partial charge is 0.493 e. The SMILES string of the molecule is CCCCOc1c(OC)cc(N)c2nccc(CC)c12. The maximum absolute atomic E-state index is 6.08. The van der Waals surface area contributed by atoms with Crippen LogP contribution in [0.4, 0.5) is 5.69 Å². The van der Waals surface area contributed by atoms with Gasteiger partial charge >= 0.3 is 0 Å². The van der Waals surface area contributed by atoms with Crippen molar-refractivity contribution in [2.45, 2.75) is 33.1 Å². The van der Waals surface area contributed by atoms with Crippen molar-refractivity contribution in [2.24, 2.45) is 0 Å². The van der Waals surface area contributed by atoms with Crippen LogP contribution in [0.1, 0.15) is 32.3 Å². The average molecular weight is 274 g/mol. The lowest BCUT2D eigenvalue weighted by atomic mass is 10.0. The molecular weight excluding hydrogens is 252 g/mol. The van der Waals surface area contributed by atoms with E-state index < -0.39 is 0 Å². The van der Waals surface area contributed by atoms with Crippen LogP contribution in [0.25, 0.3) is 10.9 Å². The van der Waals surface area contributed by atoms with E-state index in [4.69, 9.17) is 15.2 Å². The molecule has 0 saturated carbocycles. The molecule has 1 aromatic heterocycles. The van der Waals surface area contributed by atoms with Crippen molar-refractivity contribution < 1.29 is 9.47 Å². The number of anilines is 1. The van der Waals surface area contributed by atoms with E-state index >= 15 is 0 Å². The van der Waals surface area contributed by atoms with Crippen molar-refractivity contribution in [1.29, 1.82) is 0 Å².